The van der Waals surface area contributed by atoms with Crippen LogP contribution in [0.15, 0.2) is 0 Å². The van der Waals surface area contributed by atoms with Crippen LogP contribution in [0.5, 0.6) is 0 Å². The average molecular weight is 252 g/mol. The molecule has 5 nitrogen and oxygen atoms in total. The Hall–Kier alpha value is -1.36. The highest BCUT2D eigenvalue weighted by atomic mass is 16.5. The fourth-order valence-electron chi connectivity index (χ4n) is 1.61. The zero-order valence-electron chi connectivity index (χ0n) is 12.0. The zero-order valence-corrected chi connectivity index (χ0v) is 12.0. The van der Waals surface area contributed by atoms with Crippen molar-refractivity contribution in [2.45, 2.75) is 34.1 Å². The third kappa shape index (κ3) is 4.14. The summed E-state index contributed by atoms with van der Waals surface area (Å²) in [4.78, 5) is 8.52. The van der Waals surface area contributed by atoms with Crippen molar-refractivity contribution in [2.75, 3.05) is 31.3 Å². The van der Waals surface area contributed by atoms with Gasteiger partial charge in [-0.2, -0.15) is 0 Å². The van der Waals surface area contributed by atoms with Gasteiger partial charge in [0.15, 0.2) is 0 Å². The van der Waals surface area contributed by atoms with Crippen LogP contribution in [-0.4, -0.2) is 30.2 Å². The van der Waals surface area contributed by atoms with Gasteiger partial charge in [-0.15, -0.1) is 0 Å². The second-order valence-corrected chi connectivity index (χ2v) is 5.39. The summed E-state index contributed by atoms with van der Waals surface area (Å²) in [7, 11) is 1.72. The highest BCUT2D eigenvalue weighted by molar-refractivity contribution is 5.54. The van der Waals surface area contributed by atoms with E-state index in [2.05, 4.69) is 29.1 Å². The van der Waals surface area contributed by atoms with E-state index in [0.29, 0.717) is 11.6 Å². The summed E-state index contributed by atoms with van der Waals surface area (Å²) in [6, 6.07) is 0. The second-order valence-electron chi connectivity index (χ2n) is 5.39. The molecular formula is C13H24N4O. The normalized spacial score (nSPS) is 11.6. The van der Waals surface area contributed by atoms with E-state index in [1.807, 2.05) is 13.8 Å². The number of aromatic nitrogens is 2. The number of ether oxygens (including phenoxy) is 1. The third-order valence-electron chi connectivity index (χ3n) is 3.01. The minimum absolute atomic E-state index is 0.149. The minimum atomic E-state index is 0.149. The van der Waals surface area contributed by atoms with Crippen molar-refractivity contribution in [3.63, 3.8) is 0 Å². The number of nitrogen functional groups attached to an aromatic ring is 1. The molecule has 102 valence electrons. The number of hydrogen-bond donors (Lipinski definition) is 2. The Morgan fingerprint density at radius 3 is 2.56 bits per heavy atom. The molecule has 0 spiro atoms. The second kappa shape index (κ2) is 6.00. The number of nitrogens with two attached hydrogens (primary N) is 1. The van der Waals surface area contributed by atoms with Gasteiger partial charge in [-0.05, 0) is 25.7 Å². The molecule has 0 saturated heterocycles. The van der Waals surface area contributed by atoms with Crippen molar-refractivity contribution in [1.82, 2.24) is 9.97 Å². The maximum Gasteiger partial charge on any atom is 0.134 e. The van der Waals surface area contributed by atoms with Crippen LogP contribution < -0.4 is 11.1 Å². The van der Waals surface area contributed by atoms with Gasteiger partial charge in [0.2, 0.25) is 0 Å². The van der Waals surface area contributed by atoms with E-state index in [4.69, 9.17) is 10.5 Å². The van der Waals surface area contributed by atoms with Crippen molar-refractivity contribution >= 4 is 11.6 Å². The molecule has 1 aromatic heterocycles. The summed E-state index contributed by atoms with van der Waals surface area (Å²) in [6.45, 7) is 9.76. The molecule has 0 aliphatic carbocycles. The van der Waals surface area contributed by atoms with Crippen molar-refractivity contribution in [1.29, 1.82) is 0 Å². The molecule has 1 rings (SSSR count). The first-order chi connectivity index (χ1) is 8.35. The summed E-state index contributed by atoms with van der Waals surface area (Å²) in [5.74, 6) is 2.06. The molecule has 0 aliphatic heterocycles. The van der Waals surface area contributed by atoms with Gasteiger partial charge in [-0.1, -0.05) is 13.8 Å². The fraction of sp³-hybridized carbons (Fsp3) is 0.692. The van der Waals surface area contributed by atoms with Crippen LogP contribution in [-0.2, 0) is 4.74 Å². The first kappa shape index (κ1) is 14.7. The van der Waals surface area contributed by atoms with E-state index in [9.17, 15) is 0 Å². The van der Waals surface area contributed by atoms with E-state index >= 15 is 0 Å². The van der Waals surface area contributed by atoms with E-state index in [1.54, 1.807) is 7.11 Å². The lowest BCUT2D eigenvalue weighted by atomic mass is 9.89. The minimum Gasteiger partial charge on any atom is -0.385 e. The Morgan fingerprint density at radius 1 is 1.28 bits per heavy atom. The van der Waals surface area contributed by atoms with Gasteiger partial charge in [0.05, 0.1) is 0 Å². The molecular weight excluding hydrogens is 228 g/mol. The summed E-state index contributed by atoms with van der Waals surface area (Å²) < 4.78 is 5.12. The molecule has 0 saturated carbocycles. The topological polar surface area (TPSA) is 73.1 Å². The third-order valence-corrected chi connectivity index (χ3v) is 3.01. The molecule has 0 atom stereocenters. The van der Waals surface area contributed by atoms with Crippen LogP contribution in [0.1, 0.15) is 31.7 Å². The van der Waals surface area contributed by atoms with Gasteiger partial charge >= 0.3 is 0 Å². The molecule has 0 aliphatic rings. The van der Waals surface area contributed by atoms with E-state index in [1.165, 1.54) is 0 Å². The van der Waals surface area contributed by atoms with Crippen molar-refractivity contribution in [2.24, 2.45) is 5.41 Å². The molecule has 0 unspecified atom stereocenters. The zero-order chi connectivity index (χ0) is 13.8. The fourth-order valence-corrected chi connectivity index (χ4v) is 1.61. The number of nitrogens with zero attached hydrogens (tertiary/aromatic N) is 2. The van der Waals surface area contributed by atoms with Gasteiger partial charge in [0.1, 0.15) is 17.5 Å². The number of methoxy groups -OCH3 is 1. The quantitative estimate of drug-likeness (QED) is 0.811. The Kier molecular flexibility index (Phi) is 4.90. The highest BCUT2D eigenvalue weighted by Gasteiger charge is 2.18. The predicted molar refractivity (Wildman–Crippen MR) is 74.7 cm³/mol. The lowest BCUT2D eigenvalue weighted by Gasteiger charge is -2.25. The lowest BCUT2D eigenvalue weighted by Crippen LogP contribution is -2.25. The van der Waals surface area contributed by atoms with Gasteiger partial charge < -0.3 is 15.8 Å². The smallest absolute Gasteiger partial charge is 0.134 e. The first-order valence-corrected chi connectivity index (χ1v) is 6.19. The maximum absolute atomic E-state index is 5.83. The number of aryl methyl sites for hydroxylation is 1. The van der Waals surface area contributed by atoms with Gasteiger partial charge in [0, 0.05) is 25.8 Å². The van der Waals surface area contributed by atoms with Crippen molar-refractivity contribution < 1.29 is 4.74 Å². The molecule has 3 N–H and O–H groups in total. The van der Waals surface area contributed by atoms with Gasteiger partial charge in [0.25, 0.3) is 0 Å². The van der Waals surface area contributed by atoms with Crippen LogP contribution >= 0.6 is 0 Å². The highest BCUT2D eigenvalue weighted by Crippen LogP contribution is 2.23. The molecule has 5 heteroatoms. The van der Waals surface area contributed by atoms with E-state index in [-0.39, 0.29) is 5.41 Å². The van der Waals surface area contributed by atoms with Gasteiger partial charge in [-0.25, -0.2) is 9.97 Å². The monoisotopic (exact) mass is 252 g/mol. The molecule has 1 heterocycles. The number of nitrogens with one attached hydrogen (secondary N) is 1. The molecule has 0 amide bonds. The standard InChI is InChI=1S/C13H24N4O/c1-9-11(14)16-10(2)17-12(9)15-8-13(3,4)6-7-18-5/h6-8H2,1-5H3,(H3,14,15,16,17). The molecule has 0 fully saturated rings. The first-order valence-electron chi connectivity index (χ1n) is 6.19. The van der Waals surface area contributed by atoms with Crippen molar-refractivity contribution in [3.8, 4) is 0 Å². The number of rotatable bonds is 6. The Morgan fingerprint density at radius 2 is 1.94 bits per heavy atom. The summed E-state index contributed by atoms with van der Waals surface area (Å²) in [6.07, 6.45) is 0.995. The summed E-state index contributed by atoms with van der Waals surface area (Å²) >= 11 is 0. The van der Waals surface area contributed by atoms with Gasteiger partial charge in [-0.3, -0.25) is 0 Å². The average Bonchev–Trinajstić information content (AvgIpc) is 2.29. The van der Waals surface area contributed by atoms with Crippen LogP contribution in [0, 0.1) is 19.3 Å². The van der Waals surface area contributed by atoms with Crippen LogP contribution in [0.3, 0.4) is 0 Å². The Bertz CT molecular complexity index is 404. The van der Waals surface area contributed by atoms with E-state index in [0.717, 1.165) is 31.0 Å². The SMILES string of the molecule is COCCC(C)(C)CNc1nc(C)nc(N)c1C. The molecule has 0 aromatic carbocycles. The Labute approximate surface area is 109 Å². The largest absolute Gasteiger partial charge is 0.385 e. The molecule has 0 radical (unpaired) electrons. The summed E-state index contributed by atoms with van der Waals surface area (Å²) in [5.41, 5.74) is 6.88. The van der Waals surface area contributed by atoms with Crippen LogP contribution in [0.25, 0.3) is 0 Å². The van der Waals surface area contributed by atoms with Crippen LogP contribution in [0.2, 0.25) is 0 Å². The van der Waals surface area contributed by atoms with Crippen molar-refractivity contribution in [3.05, 3.63) is 11.4 Å². The lowest BCUT2D eigenvalue weighted by molar-refractivity contribution is 0.157. The summed E-state index contributed by atoms with van der Waals surface area (Å²) in [5, 5.41) is 3.36. The number of anilines is 2. The molecule has 18 heavy (non-hydrogen) atoms. The Balaban J connectivity index is 2.68. The maximum atomic E-state index is 5.83. The number of hydrogen-bond acceptors (Lipinski definition) is 5. The molecule has 1 aromatic rings. The predicted octanol–water partition coefficient (Wildman–Crippen LogP) is 2.15. The molecule has 0 bridgehead atoms. The van der Waals surface area contributed by atoms with E-state index < -0.39 is 0 Å². The van der Waals surface area contributed by atoms with Crippen LogP contribution in [0.4, 0.5) is 11.6 Å².